The molecule has 0 aliphatic rings. The Morgan fingerprint density at radius 2 is 2.16 bits per heavy atom. The van der Waals surface area contributed by atoms with Crippen molar-refractivity contribution in [2.75, 3.05) is 17.6 Å². The summed E-state index contributed by atoms with van der Waals surface area (Å²) in [5.41, 5.74) is 7.82. The number of aromatic nitrogens is 1. The van der Waals surface area contributed by atoms with Gasteiger partial charge in [0.25, 0.3) is 0 Å². The monoisotopic (exact) mass is 259 g/mol. The zero-order valence-corrected chi connectivity index (χ0v) is 11.5. The third-order valence-corrected chi connectivity index (χ3v) is 3.27. The third-order valence-electron chi connectivity index (χ3n) is 3.27. The zero-order valence-electron chi connectivity index (χ0n) is 11.5. The van der Waals surface area contributed by atoms with Crippen LogP contribution in [-0.4, -0.2) is 22.2 Å². The average molecular weight is 259 g/mol. The number of fused-ring (bicyclic) bond motifs is 1. The van der Waals surface area contributed by atoms with Gasteiger partial charge in [0.05, 0.1) is 22.5 Å². The van der Waals surface area contributed by atoms with E-state index in [-0.39, 0.29) is 0 Å². The Balaban J connectivity index is 2.20. The van der Waals surface area contributed by atoms with Gasteiger partial charge in [-0.3, -0.25) is 4.98 Å². The Hall–Kier alpha value is -1.81. The molecular weight excluding hydrogens is 238 g/mol. The fourth-order valence-corrected chi connectivity index (χ4v) is 2.24. The van der Waals surface area contributed by atoms with Crippen molar-refractivity contribution in [1.82, 2.24) is 4.98 Å². The highest BCUT2D eigenvalue weighted by Gasteiger charge is 2.19. The molecule has 19 heavy (non-hydrogen) atoms. The van der Waals surface area contributed by atoms with Crippen LogP contribution in [0.5, 0.6) is 0 Å². The molecule has 0 radical (unpaired) electrons. The lowest BCUT2D eigenvalue weighted by Gasteiger charge is -2.24. The number of nitrogen functional groups attached to an aromatic ring is 1. The summed E-state index contributed by atoms with van der Waals surface area (Å²) < 4.78 is 0. The van der Waals surface area contributed by atoms with Gasteiger partial charge in [-0.1, -0.05) is 13.3 Å². The van der Waals surface area contributed by atoms with E-state index in [1.807, 2.05) is 31.2 Å². The van der Waals surface area contributed by atoms with Crippen LogP contribution in [0.25, 0.3) is 10.9 Å². The molecule has 0 bridgehead atoms. The molecule has 4 N–H and O–H groups in total. The molecular formula is C15H21N3O. The number of anilines is 2. The van der Waals surface area contributed by atoms with Gasteiger partial charge in [0, 0.05) is 18.1 Å². The highest BCUT2D eigenvalue weighted by molar-refractivity contribution is 5.96. The number of aliphatic hydroxyl groups is 1. The van der Waals surface area contributed by atoms with Crippen molar-refractivity contribution in [2.24, 2.45) is 0 Å². The smallest absolute Gasteiger partial charge is 0.0791 e. The van der Waals surface area contributed by atoms with Crippen molar-refractivity contribution >= 4 is 22.3 Å². The largest absolute Gasteiger partial charge is 0.397 e. The maximum atomic E-state index is 10.2. The summed E-state index contributed by atoms with van der Waals surface area (Å²) >= 11 is 0. The fraction of sp³-hybridized carbons (Fsp3) is 0.400. The summed E-state index contributed by atoms with van der Waals surface area (Å²) in [4.78, 5) is 4.26. The highest BCUT2D eigenvalue weighted by atomic mass is 16.3. The third kappa shape index (κ3) is 3.15. The second-order valence-electron chi connectivity index (χ2n) is 5.20. The summed E-state index contributed by atoms with van der Waals surface area (Å²) in [6.07, 6.45) is 3.46. The number of hydrogen-bond acceptors (Lipinski definition) is 4. The van der Waals surface area contributed by atoms with E-state index in [4.69, 9.17) is 5.73 Å². The Bertz CT molecular complexity index is 566. The maximum absolute atomic E-state index is 10.2. The highest BCUT2D eigenvalue weighted by Crippen LogP contribution is 2.28. The number of benzene rings is 1. The second kappa shape index (κ2) is 5.45. The molecule has 1 atom stereocenters. The van der Waals surface area contributed by atoms with E-state index in [0.717, 1.165) is 29.4 Å². The summed E-state index contributed by atoms with van der Waals surface area (Å²) in [7, 11) is 0. The van der Waals surface area contributed by atoms with Gasteiger partial charge in [0.2, 0.25) is 0 Å². The Kier molecular flexibility index (Phi) is 3.90. The van der Waals surface area contributed by atoms with Crippen molar-refractivity contribution in [3.8, 4) is 0 Å². The number of rotatable bonds is 5. The molecule has 0 fully saturated rings. The minimum atomic E-state index is -0.717. The summed E-state index contributed by atoms with van der Waals surface area (Å²) in [5.74, 6) is 0. The lowest BCUT2D eigenvalue weighted by Crippen LogP contribution is -2.33. The van der Waals surface area contributed by atoms with E-state index in [0.29, 0.717) is 12.2 Å². The van der Waals surface area contributed by atoms with E-state index in [1.54, 1.807) is 6.20 Å². The maximum Gasteiger partial charge on any atom is 0.0791 e. The molecule has 102 valence electrons. The first-order valence-corrected chi connectivity index (χ1v) is 6.63. The van der Waals surface area contributed by atoms with Crippen molar-refractivity contribution in [3.05, 3.63) is 30.5 Å². The Labute approximate surface area is 113 Å². The first-order chi connectivity index (χ1) is 9.03. The average Bonchev–Trinajstić information content (AvgIpc) is 2.38. The van der Waals surface area contributed by atoms with Crippen LogP contribution in [-0.2, 0) is 0 Å². The topological polar surface area (TPSA) is 71.2 Å². The number of hydrogen-bond donors (Lipinski definition) is 3. The minimum Gasteiger partial charge on any atom is -0.397 e. The standard InChI is InChI=1S/C15H21N3O/c1-3-8-15(2,19)10-18-13-7-6-12-11(14(13)16)5-4-9-17-12/h4-7,9,18-19H,3,8,10,16H2,1-2H3. The molecule has 1 aromatic heterocycles. The van der Waals surface area contributed by atoms with Crippen LogP contribution in [0.1, 0.15) is 26.7 Å². The summed E-state index contributed by atoms with van der Waals surface area (Å²) in [6.45, 7) is 4.38. The molecule has 0 amide bonds. The molecule has 0 aliphatic carbocycles. The van der Waals surface area contributed by atoms with Gasteiger partial charge in [0.1, 0.15) is 0 Å². The van der Waals surface area contributed by atoms with Crippen molar-refractivity contribution in [3.63, 3.8) is 0 Å². The number of nitrogens with zero attached hydrogens (tertiary/aromatic N) is 1. The summed E-state index contributed by atoms with van der Waals surface area (Å²) in [6, 6.07) is 7.66. The van der Waals surface area contributed by atoms with E-state index < -0.39 is 5.60 Å². The molecule has 0 spiro atoms. The van der Waals surface area contributed by atoms with Crippen molar-refractivity contribution in [2.45, 2.75) is 32.3 Å². The van der Waals surface area contributed by atoms with Crippen LogP contribution in [0, 0.1) is 0 Å². The molecule has 4 nitrogen and oxygen atoms in total. The molecule has 1 aromatic carbocycles. The van der Waals surface area contributed by atoms with Gasteiger partial charge < -0.3 is 16.2 Å². The predicted molar refractivity (Wildman–Crippen MR) is 80.2 cm³/mol. The molecule has 2 rings (SSSR count). The van der Waals surface area contributed by atoms with Gasteiger partial charge in [-0.25, -0.2) is 0 Å². The first kappa shape index (κ1) is 13.6. The lowest BCUT2D eigenvalue weighted by atomic mass is 10.0. The Morgan fingerprint density at radius 3 is 2.89 bits per heavy atom. The van der Waals surface area contributed by atoms with Crippen LogP contribution in [0.4, 0.5) is 11.4 Å². The van der Waals surface area contributed by atoms with Gasteiger partial charge in [0.15, 0.2) is 0 Å². The zero-order chi connectivity index (χ0) is 13.9. The number of pyridine rings is 1. The van der Waals surface area contributed by atoms with Crippen LogP contribution < -0.4 is 11.1 Å². The van der Waals surface area contributed by atoms with Gasteiger partial charge in [-0.2, -0.15) is 0 Å². The first-order valence-electron chi connectivity index (χ1n) is 6.63. The quantitative estimate of drug-likeness (QED) is 0.722. The number of nitrogens with two attached hydrogens (primary N) is 1. The molecule has 1 unspecified atom stereocenters. The molecule has 0 aliphatic heterocycles. The van der Waals surface area contributed by atoms with Gasteiger partial charge >= 0.3 is 0 Å². The number of nitrogens with one attached hydrogen (secondary N) is 1. The molecule has 0 saturated heterocycles. The van der Waals surface area contributed by atoms with Crippen LogP contribution in [0.3, 0.4) is 0 Å². The van der Waals surface area contributed by atoms with Crippen LogP contribution in [0.2, 0.25) is 0 Å². The SMILES string of the molecule is CCCC(C)(O)CNc1ccc2ncccc2c1N. The van der Waals surface area contributed by atoms with E-state index in [2.05, 4.69) is 17.2 Å². The second-order valence-corrected chi connectivity index (χ2v) is 5.20. The minimum absolute atomic E-state index is 0.483. The van der Waals surface area contributed by atoms with Crippen LogP contribution in [0.15, 0.2) is 30.5 Å². The Morgan fingerprint density at radius 1 is 1.37 bits per heavy atom. The van der Waals surface area contributed by atoms with Gasteiger partial charge in [-0.05, 0) is 37.6 Å². The van der Waals surface area contributed by atoms with Crippen molar-refractivity contribution in [1.29, 1.82) is 0 Å². The summed E-state index contributed by atoms with van der Waals surface area (Å²) in [5, 5.41) is 14.3. The normalized spacial score (nSPS) is 14.3. The van der Waals surface area contributed by atoms with Crippen molar-refractivity contribution < 1.29 is 5.11 Å². The van der Waals surface area contributed by atoms with E-state index in [9.17, 15) is 5.11 Å². The molecule has 0 saturated carbocycles. The molecule has 4 heteroatoms. The fourth-order valence-electron chi connectivity index (χ4n) is 2.24. The van der Waals surface area contributed by atoms with E-state index >= 15 is 0 Å². The van der Waals surface area contributed by atoms with Crippen LogP contribution >= 0.6 is 0 Å². The van der Waals surface area contributed by atoms with Gasteiger partial charge in [-0.15, -0.1) is 0 Å². The molecule has 2 aromatic rings. The molecule has 1 heterocycles. The lowest BCUT2D eigenvalue weighted by molar-refractivity contribution is 0.0637. The predicted octanol–water partition coefficient (Wildman–Crippen LogP) is 2.78. The van der Waals surface area contributed by atoms with E-state index in [1.165, 1.54) is 0 Å².